The summed E-state index contributed by atoms with van der Waals surface area (Å²) in [5, 5.41) is 2.60. The van der Waals surface area contributed by atoms with E-state index in [4.69, 9.17) is 9.47 Å². The molecule has 0 saturated carbocycles. The Kier molecular flexibility index (Phi) is 6.54. The van der Waals surface area contributed by atoms with E-state index in [1.807, 2.05) is 30.3 Å². The second-order valence-electron chi connectivity index (χ2n) is 5.01. The first kappa shape index (κ1) is 18.0. The fourth-order valence-corrected chi connectivity index (χ4v) is 2.10. The molecule has 0 aliphatic heterocycles. The molecule has 0 atom stereocenters. The van der Waals surface area contributed by atoms with Crippen LogP contribution in [-0.2, 0) is 9.53 Å². The lowest BCUT2D eigenvalue weighted by Crippen LogP contribution is -2.29. The Morgan fingerprint density at radius 1 is 1.08 bits per heavy atom. The summed E-state index contributed by atoms with van der Waals surface area (Å²) in [4.78, 5) is 24.8. The van der Waals surface area contributed by atoms with Crippen molar-refractivity contribution in [1.29, 1.82) is 0 Å². The van der Waals surface area contributed by atoms with Crippen LogP contribution in [-0.4, -0.2) is 25.6 Å². The van der Waals surface area contributed by atoms with Gasteiger partial charge >= 0.3 is 5.97 Å². The van der Waals surface area contributed by atoms with Gasteiger partial charge in [0.2, 0.25) is 0 Å². The zero-order valence-corrected chi connectivity index (χ0v) is 13.9. The van der Waals surface area contributed by atoms with Gasteiger partial charge in [0.15, 0.2) is 0 Å². The van der Waals surface area contributed by atoms with Crippen molar-refractivity contribution in [3.05, 3.63) is 84.1 Å². The third-order valence-corrected chi connectivity index (χ3v) is 3.26. The molecule has 2 aromatic rings. The maximum Gasteiger partial charge on any atom is 0.355 e. The number of esters is 1. The maximum absolute atomic E-state index is 12.5. The van der Waals surface area contributed by atoms with Crippen molar-refractivity contribution >= 4 is 18.0 Å². The fourth-order valence-electron chi connectivity index (χ4n) is 2.10. The normalized spacial score (nSPS) is 10.7. The average Bonchev–Trinajstić information content (AvgIpc) is 2.66. The number of amides is 1. The van der Waals surface area contributed by atoms with Crippen LogP contribution in [0.25, 0.3) is 6.08 Å². The predicted molar refractivity (Wildman–Crippen MR) is 96.0 cm³/mol. The van der Waals surface area contributed by atoms with Gasteiger partial charge in [0.1, 0.15) is 18.1 Å². The van der Waals surface area contributed by atoms with Gasteiger partial charge in [0.05, 0.1) is 12.7 Å². The summed E-state index contributed by atoms with van der Waals surface area (Å²) in [6.45, 7) is 3.56. The van der Waals surface area contributed by atoms with Gasteiger partial charge in [-0.25, -0.2) is 4.79 Å². The van der Waals surface area contributed by atoms with E-state index >= 15 is 0 Å². The molecule has 0 radical (unpaired) electrons. The summed E-state index contributed by atoms with van der Waals surface area (Å²) in [5.41, 5.74) is 1.11. The minimum Gasteiger partial charge on any atom is -0.496 e. The van der Waals surface area contributed by atoms with Crippen molar-refractivity contribution in [1.82, 2.24) is 5.32 Å². The van der Waals surface area contributed by atoms with E-state index in [-0.39, 0.29) is 12.3 Å². The van der Waals surface area contributed by atoms with E-state index in [2.05, 4.69) is 11.9 Å². The number of para-hydroxylation sites is 1. The Balaban J connectivity index is 2.29. The van der Waals surface area contributed by atoms with Crippen molar-refractivity contribution in [3.8, 4) is 5.75 Å². The van der Waals surface area contributed by atoms with Gasteiger partial charge in [0, 0.05) is 0 Å². The van der Waals surface area contributed by atoms with Crippen LogP contribution in [0.4, 0.5) is 0 Å². The van der Waals surface area contributed by atoms with E-state index in [0.29, 0.717) is 11.3 Å². The Morgan fingerprint density at radius 2 is 1.76 bits per heavy atom. The molecule has 0 unspecified atom stereocenters. The fraction of sp³-hybridized carbons (Fsp3) is 0.100. The molecule has 0 aliphatic rings. The van der Waals surface area contributed by atoms with Crippen LogP contribution < -0.4 is 10.1 Å². The maximum atomic E-state index is 12.5. The average molecular weight is 337 g/mol. The quantitative estimate of drug-likeness (QED) is 0.479. The zero-order valence-electron chi connectivity index (χ0n) is 13.9. The molecule has 128 valence electrons. The van der Waals surface area contributed by atoms with Gasteiger partial charge in [0.25, 0.3) is 5.91 Å². The SMILES string of the molecule is C=CCOC(=O)C(=Cc1ccccc1)NC(=O)c1ccccc1OC. The molecule has 0 bridgehead atoms. The highest BCUT2D eigenvalue weighted by Gasteiger charge is 2.18. The molecule has 1 amide bonds. The van der Waals surface area contributed by atoms with Crippen LogP contribution in [0.2, 0.25) is 0 Å². The van der Waals surface area contributed by atoms with E-state index < -0.39 is 11.9 Å². The van der Waals surface area contributed by atoms with Gasteiger partial charge in [-0.05, 0) is 23.8 Å². The number of methoxy groups -OCH3 is 1. The first-order chi connectivity index (χ1) is 12.2. The molecule has 0 saturated heterocycles. The molecule has 5 heteroatoms. The Morgan fingerprint density at radius 3 is 2.44 bits per heavy atom. The number of carbonyl (C=O) groups is 2. The van der Waals surface area contributed by atoms with Gasteiger partial charge in [-0.1, -0.05) is 55.1 Å². The predicted octanol–water partition coefficient (Wildman–Crippen LogP) is 3.20. The highest BCUT2D eigenvalue weighted by atomic mass is 16.5. The summed E-state index contributed by atoms with van der Waals surface area (Å²) in [6, 6.07) is 15.9. The number of benzene rings is 2. The zero-order chi connectivity index (χ0) is 18.1. The van der Waals surface area contributed by atoms with Crippen LogP contribution in [0.15, 0.2) is 72.9 Å². The molecule has 2 rings (SSSR count). The number of nitrogens with one attached hydrogen (secondary N) is 1. The molecule has 0 heterocycles. The first-order valence-corrected chi connectivity index (χ1v) is 7.65. The third kappa shape index (κ3) is 5.07. The van der Waals surface area contributed by atoms with Gasteiger partial charge in [-0.2, -0.15) is 0 Å². The minimum absolute atomic E-state index is 0.0314. The Hall–Kier alpha value is -3.34. The number of carbonyl (C=O) groups excluding carboxylic acids is 2. The van der Waals surface area contributed by atoms with E-state index in [9.17, 15) is 9.59 Å². The molecule has 0 aliphatic carbocycles. The standard InChI is InChI=1S/C20H19NO4/c1-3-13-25-20(23)17(14-15-9-5-4-6-10-15)21-19(22)16-11-7-8-12-18(16)24-2/h3-12,14H,1,13H2,2H3,(H,21,22). The molecular weight excluding hydrogens is 318 g/mol. The molecule has 5 nitrogen and oxygen atoms in total. The van der Waals surface area contributed by atoms with Crippen molar-refractivity contribution in [3.63, 3.8) is 0 Å². The molecule has 0 spiro atoms. The molecular formula is C20H19NO4. The first-order valence-electron chi connectivity index (χ1n) is 7.65. The molecule has 0 aromatic heterocycles. The van der Waals surface area contributed by atoms with Crippen molar-refractivity contribution in [2.24, 2.45) is 0 Å². The van der Waals surface area contributed by atoms with E-state index in [0.717, 1.165) is 5.56 Å². The van der Waals surface area contributed by atoms with Crippen LogP contribution in [0.5, 0.6) is 5.75 Å². The largest absolute Gasteiger partial charge is 0.496 e. The number of hydrogen-bond acceptors (Lipinski definition) is 4. The Bertz CT molecular complexity index is 781. The second-order valence-corrected chi connectivity index (χ2v) is 5.01. The number of hydrogen-bond donors (Lipinski definition) is 1. The highest BCUT2D eigenvalue weighted by molar-refractivity contribution is 6.04. The summed E-state index contributed by atoms with van der Waals surface area (Å²) >= 11 is 0. The van der Waals surface area contributed by atoms with E-state index in [1.54, 1.807) is 30.3 Å². The van der Waals surface area contributed by atoms with Crippen LogP contribution >= 0.6 is 0 Å². The van der Waals surface area contributed by atoms with Crippen molar-refractivity contribution < 1.29 is 19.1 Å². The number of ether oxygens (including phenoxy) is 2. The molecule has 2 aromatic carbocycles. The smallest absolute Gasteiger partial charge is 0.355 e. The third-order valence-electron chi connectivity index (χ3n) is 3.26. The lowest BCUT2D eigenvalue weighted by molar-refractivity contribution is -0.138. The van der Waals surface area contributed by atoms with Crippen LogP contribution in [0, 0.1) is 0 Å². The molecule has 25 heavy (non-hydrogen) atoms. The van der Waals surface area contributed by atoms with Crippen molar-refractivity contribution in [2.45, 2.75) is 0 Å². The topological polar surface area (TPSA) is 64.6 Å². The van der Waals surface area contributed by atoms with Gasteiger partial charge in [-0.15, -0.1) is 0 Å². The lowest BCUT2D eigenvalue weighted by Gasteiger charge is -2.11. The highest BCUT2D eigenvalue weighted by Crippen LogP contribution is 2.18. The summed E-state index contributed by atoms with van der Waals surface area (Å²) < 4.78 is 10.2. The van der Waals surface area contributed by atoms with Crippen LogP contribution in [0.3, 0.4) is 0 Å². The van der Waals surface area contributed by atoms with Crippen molar-refractivity contribution in [2.75, 3.05) is 13.7 Å². The monoisotopic (exact) mass is 337 g/mol. The van der Waals surface area contributed by atoms with Gasteiger partial charge in [-0.3, -0.25) is 4.79 Å². The summed E-state index contributed by atoms with van der Waals surface area (Å²) in [5.74, 6) is -0.694. The van der Waals surface area contributed by atoms with Gasteiger partial charge < -0.3 is 14.8 Å². The van der Waals surface area contributed by atoms with E-state index in [1.165, 1.54) is 13.2 Å². The summed E-state index contributed by atoms with van der Waals surface area (Å²) in [7, 11) is 1.48. The second kappa shape index (κ2) is 9.08. The molecule has 0 fully saturated rings. The molecule has 1 N–H and O–H groups in total. The minimum atomic E-state index is -0.646. The lowest BCUT2D eigenvalue weighted by atomic mass is 10.1. The Labute approximate surface area is 146 Å². The summed E-state index contributed by atoms with van der Waals surface area (Å²) in [6.07, 6.45) is 3.01. The number of rotatable bonds is 7. The van der Waals surface area contributed by atoms with Crippen LogP contribution in [0.1, 0.15) is 15.9 Å².